The number of para-hydroxylation sites is 2. The number of amides is 2. The Morgan fingerprint density at radius 2 is 1.66 bits per heavy atom. The number of ether oxygens (including phenoxy) is 1. The summed E-state index contributed by atoms with van der Waals surface area (Å²) >= 11 is 0. The van der Waals surface area contributed by atoms with E-state index >= 15 is 0 Å². The molecule has 1 atom stereocenters. The van der Waals surface area contributed by atoms with Crippen molar-refractivity contribution in [2.75, 3.05) is 24.2 Å². The zero-order chi connectivity index (χ0) is 25.4. The van der Waals surface area contributed by atoms with Gasteiger partial charge in [0, 0.05) is 12.6 Å². The highest BCUT2D eigenvalue weighted by Crippen LogP contribution is 2.29. The predicted molar refractivity (Wildman–Crippen MR) is 137 cm³/mol. The predicted octanol–water partition coefficient (Wildman–Crippen LogP) is 3.33. The number of carbonyl (C=O) groups excluding carboxylic acids is 2. The molecule has 0 unspecified atom stereocenters. The highest BCUT2D eigenvalue weighted by molar-refractivity contribution is 7.92. The van der Waals surface area contributed by atoms with Crippen LogP contribution in [0.25, 0.3) is 0 Å². The molecule has 2 amide bonds. The van der Waals surface area contributed by atoms with E-state index in [1.54, 1.807) is 31.2 Å². The van der Waals surface area contributed by atoms with Gasteiger partial charge in [-0.1, -0.05) is 61.7 Å². The summed E-state index contributed by atoms with van der Waals surface area (Å²) in [5.41, 5.74) is 1.12. The van der Waals surface area contributed by atoms with Crippen LogP contribution in [-0.2, 0) is 26.2 Å². The average Bonchev–Trinajstić information content (AvgIpc) is 2.85. The molecule has 0 bridgehead atoms. The molecular weight excluding hydrogens is 466 g/mol. The van der Waals surface area contributed by atoms with Crippen molar-refractivity contribution in [3.8, 4) is 5.75 Å². The Morgan fingerprint density at radius 3 is 2.29 bits per heavy atom. The van der Waals surface area contributed by atoms with Gasteiger partial charge in [-0.2, -0.15) is 0 Å². The molecular formula is C26H35N3O5S. The first-order chi connectivity index (χ1) is 16.7. The molecule has 1 fully saturated rings. The minimum atomic E-state index is -3.82. The molecule has 0 saturated heterocycles. The van der Waals surface area contributed by atoms with Crippen molar-refractivity contribution in [2.45, 2.75) is 57.7 Å². The Balaban J connectivity index is 1.87. The molecule has 9 heteroatoms. The fourth-order valence-corrected chi connectivity index (χ4v) is 5.22. The summed E-state index contributed by atoms with van der Waals surface area (Å²) in [5, 5.41) is 3.09. The number of methoxy groups -OCH3 is 1. The second-order valence-electron chi connectivity index (χ2n) is 8.97. The van der Waals surface area contributed by atoms with E-state index in [1.807, 2.05) is 30.3 Å². The number of carbonyl (C=O) groups is 2. The largest absolute Gasteiger partial charge is 0.495 e. The van der Waals surface area contributed by atoms with Gasteiger partial charge in [-0.25, -0.2) is 8.42 Å². The van der Waals surface area contributed by atoms with Crippen LogP contribution in [0.2, 0.25) is 0 Å². The van der Waals surface area contributed by atoms with E-state index in [1.165, 1.54) is 18.4 Å². The third kappa shape index (κ3) is 7.21. The van der Waals surface area contributed by atoms with E-state index in [-0.39, 0.29) is 24.2 Å². The third-order valence-corrected chi connectivity index (χ3v) is 7.47. The second kappa shape index (κ2) is 12.1. The number of sulfonamides is 1. The molecule has 3 rings (SSSR count). The monoisotopic (exact) mass is 501 g/mol. The summed E-state index contributed by atoms with van der Waals surface area (Å²) < 4.78 is 31.8. The Kier molecular flexibility index (Phi) is 9.14. The smallest absolute Gasteiger partial charge is 0.244 e. The standard InChI is InChI=1S/C26H35N3O5S/c1-20(26(31)27-22-14-8-5-9-15-22)28(18-21-12-6-4-7-13-21)25(30)19-29(35(3,32)33)23-16-10-11-17-24(23)34-2/h4,6-7,10-13,16-17,20,22H,5,8-9,14-15,18-19H2,1-3H3,(H,27,31)/t20-/m1/s1. The second-order valence-corrected chi connectivity index (χ2v) is 10.9. The first kappa shape index (κ1) is 26.5. The van der Waals surface area contributed by atoms with Gasteiger partial charge in [0.15, 0.2) is 0 Å². The van der Waals surface area contributed by atoms with Crippen molar-refractivity contribution >= 4 is 27.5 Å². The quantitative estimate of drug-likeness (QED) is 0.539. The number of rotatable bonds is 10. The summed E-state index contributed by atoms with van der Waals surface area (Å²) in [6.07, 6.45) is 6.24. The van der Waals surface area contributed by atoms with Gasteiger partial charge in [-0.05, 0) is 37.5 Å². The average molecular weight is 502 g/mol. The Morgan fingerprint density at radius 1 is 1.03 bits per heavy atom. The van der Waals surface area contributed by atoms with Crippen molar-refractivity contribution in [1.82, 2.24) is 10.2 Å². The molecule has 1 N–H and O–H groups in total. The molecule has 0 heterocycles. The molecule has 0 aromatic heterocycles. The number of hydrogen-bond donors (Lipinski definition) is 1. The van der Waals surface area contributed by atoms with Gasteiger partial charge >= 0.3 is 0 Å². The van der Waals surface area contributed by atoms with E-state index in [9.17, 15) is 18.0 Å². The van der Waals surface area contributed by atoms with Crippen LogP contribution in [0.5, 0.6) is 5.75 Å². The summed E-state index contributed by atoms with van der Waals surface area (Å²) in [5.74, 6) is -0.371. The number of anilines is 1. The lowest BCUT2D eigenvalue weighted by molar-refractivity contribution is -0.139. The summed E-state index contributed by atoms with van der Waals surface area (Å²) in [7, 11) is -2.37. The number of benzene rings is 2. The van der Waals surface area contributed by atoms with Gasteiger partial charge in [-0.3, -0.25) is 13.9 Å². The van der Waals surface area contributed by atoms with Crippen LogP contribution in [0.1, 0.15) is 44.6 Å². The van der Waals surface area contributed by atoms with Crippen LogP contribution < -0.4 is 14.4 Å². The fraction of sp³-hybridized carbons (Fsp3) is 0.462. The molecule has 0 radical (unpaired) electrons. The zero-order valence-corrected chi connectivity index (χ0v) is 21.5. The fourth-order valence-electron chi connectivity index (χ4n) is 4.36. The maximum atomic E-state index is 13.6. The molecule has 190 valence electrons. The molecule has 0 spiro atoms. The van der Waals surface area contributed by atoms with E-state index in [0.29, 0.717) is 5.75 Å². The minimum absolute atomic E-state index is 0.105. The van der Waals surface area contributed by atoms with Crippen molar-refractivity contribution < 1.29 is 22.7 Å². The van der Waals surface area contributed by atoms with Crippen LogP contribution in [0, 0.1) is 0 Å². The van der Waals surface area contributed by atoms with Gasteiger partial charge < -0.3 is 15.0 Å². The minimum Gasteiger partial charge on any atom is -0.495 e. The SMILES string of the molecule is COc1ccccc1N(CC(=O)N(Cc1ccccc1)[C@H](C)C(=O)NC1CCCCC1)S(C)(=O)=O. The lowest BCUT2D eigenvalue weighted by Gasteiger charge is -2.33. The van der Waals surface area contributed by atoms with E-state index in [4.69, 9.17) is 4.74 Å². The highest BCUT2D eigenvalue weighted by atomic mass is 32.2. The summed E-state index contributed by atoms with van der Waals surface area (Å²) in [6, 6.07) is 15.3. The Labute approximate surface area is 208 Å². The van der Waals surface area contributed by atoms with Crippen LogP contribution >= 0.6 is 0 Å². The van der Waals surface area contributed by atoms with Gasteiger partial charge in [0.1, 0.15) is 18.3 Å². The van der Waals surface area contributed by atoms with Crippen LogP contribution in [0.3, 0.4) is 0 Å². The normalized spacial score (nSPS) is 15.2. The van der Waals surface area contributed by atoms with Crippen LogP contribution in [0.15, 0.2) is 54.6 Å². The highest BCUT2D eigenvalue weighted by Gasteiger charge is 2.32. The molecule has 1 saturated carbocycles. The third-order valence-electron chi connectivity index (χ3n) is 6.35. The van der Waals surface area contributed by atoms with E-state index in [2.05, 4.69) is 5.32 Å². The molecule has 1 aliphatic rings. The zero-order valence-electron chi connectivity index (χ0n) is 20.6. The summed E-state index contributed by atoms with van der Waals surface area (Å²) in [4.78, 5) is 28.2. The molecule has 8 nitrogen and oxygen atoms in total. The van der Waals surface area contributed by atoms with Crippen molar-refractivity contribution in [3.05, 3.63) is 60.2 Å². The first-order valence-corrected chi connectivity index (χ1v) is 13.8. The van der Waals surface area contributed by atoms with Gasteiger partial charge in [0.25, 0.3) is 0 Å². The van der Waals surface area contributed by atoms with Crippen LogP contribution in [-0.4, -0.2) is 57.1 Å². The Bertz CT molecular complexity index is 1100. The number of hydrogen-bond acceptors (Lipinski definition) is 5. The van der Waals surface area contributed by atoms with E-state index in [0.717, 1.165) is 41.8 Å². The molecule has 0 aliphatic heterocycles. The van der Waals surface area contributed by atoms with Crippen molar-refractivity contribution in [3.63, 3.8) is 0 Å². The molecule has 1 aliphatic carbocycles. The molecule has 35 heavy (non-hydrogen) atoms. The molecule has 2 aromatic carbocycles. The maximum absolute atomic E-state index is 13.6. The van der Waals surface area contributed by atoms with Gasteiger partial charge in [-0.15, -0.1) is 0 Å². The maximum Gasteiger partial charge on any atom is 0.244 e. The van der Waals surface area contributed by atoms with Crippen molar-refractivity contribution in [1.29, 1.82) is 0 Å². The van der Waals surface area contributed by atoms with Gasteiger partial charge in [0.2, 0.25) is 21.8 Å². The van der Waals surface area contributed by atoms with Crippen molar-refractivity contribution in [2.24, 2.45) is 0 Å². The lowest BCUT2D eigenvalue weighted by Crippen LogP contribution is -2.53. The first-order valence-electron chi connectivity index (χ1n) is 11.9. The lowest BCUT2D eigenvalue weighted by atomic mass is 9.95. The summed E-state index contributed by atoms with van der Waals surface area (Å²) in [6.45, 7) is 1.42. The number of nitrogens with zero attached hydrogens (tertiary/aromatic N) is 2. The topological polar surface area (TPSA) is 96.0 Å². The molecule has 2 aromatic rings. The van der Waals surface area contributed by atoms with E-state index < -0.39 is 28.5 Å². The number of nitrogens with one attached hydrogen (secondary N) is 1. The van der Waals surface area contributed by atoms with Gasteiger partial charge in [0.05, 0.1) is 19.1 Å². The van der Waals surface area contributed by atoms with Crippen LogP contribution in [0.4, 0.5) is 5.69 Å². The Hall–Kier alpha value is -3.07.